The predicted molar refractivity (Wildman–Crippen MR) is 122 cm³/mol. The predicted octanol–water partition coefficient (Wildman–Crippen LogP) is 3.44. The van der Waals surface area contributed by atoms with Gasteiger partial charge in [0.2, 0.25) is 0 Å². The van der Waals surface area contributed by atoms with E-state index in [0.29, 0.717) is 30.7 Å². The summed E-state index contributed by atoms with van der Waals surface area (Å²) in [6.07, 6.45) is 0. The molecule has 0 atom stereocenters. The van der Waals surface area contributed by atoms with Gasteiger partial charge in [-0.2, -0.15) is 5.10 Å². The molecule has 0 saturated carbocycles. The first-order valence-electron chi connectivity index (χ1n) is 8.81. The molecule has 29 heavy (non-hydrogen) atoms. The average molecular weight is 510 g/mol. The van der Waals surface area contributed by atoms with Crippen LogP contribution in [0, 0.1) is 5.82 Å². The van der Waals surface area contributed by atoms with Gasteiger partial charge in [0, 0.05) is 26.2 Å². The highest BCUT2D eigenvalue weighted by Gasteiger charge is 2.10. The lowest BCUT2D eigenvalue weighted by atomic mass is 10.2. The van der Waals surface area contributed by atoms with Crippen LogP contribution in [-0.4, -0.2) is 47.2 Å². The number of nitrogens with one attached hydrogen (secondary N) is 2. The van der Waals surface area contributed by atoms with Crippen molar-refractivity contribution in [3.63, 3.8) is 0 Å². The Bertz CT molecular complexity index is 944. The maximum absolute atomic E-state index is 13.4. The SMILES string of the molecule is CN=C(NCc1nc(-c2ccc(OC)cc2)n[nH]1)N(C)Cc1cccc(F)c1.I. The Balaban J connectivity index is 0.00000300. The van der Waals surface area contributed by atoms with Gasteiger partial charge in [-0.3, -0.25) is 10.1 Å². The number of halogens is 2. The summed E-state index contributed by atoms with van der Waals surface area (Å²) in [5, 5.41) is 10.4. The highest BCUT2D eigenvalue weighted by Crippen LogP contribution is 2.18. The summed E-state index contributed by atoms with van der Waals surface area (Å²) in [5.74, 6) is 2.51. The molecule has 0 bridgehead atoms. The molecule has 0 amide bonds. The number of benzene rings is 2. The third kappa shape index (κ3) is 6.14. The van der Waals surface area contributed by atoms with E-state index >= 15 is 0 Å². The van der Waals surface area contributed by atoms with Gasteiger partial charge in [0.25, 0.3) is 0 Å². The van der Waals surface area contributed by atoms with Crippen molar-refractivity contribution in [2.45, 2.75) is 13.1 Å². The van der Waals surface area contributed by atoms with Crippen LogP contribution in [0.1, 0.15) is 11.4 Å². The summed E-state index contributed by atoms with van der Waals surface area (Å²) in [5.41, 5.74) is 1.77. The molecule has 0 saturated heterocycles. The molecule has 0 radical (unpaired) electrons. The van der Waals surface area contributed by atoms with E-state index in [0.717, 1.165) is 16.9 Å². The van der Waals surface area contributed by atoms with Gasteiger partial charge in [-0.25, -0.2) is 9.37 Å². The summed E-state index contributed by atoms with van der Waals surface area (Å²) < 4.78 is 18.5. The highest BCUT2D eigenvalue weighted by molar-refractivity contribution is 14.0. The second-order valence-electron chi connectivity index (χ2n) is 6.22. The van der Waals surface area contributed by atoms with E-state index in [2.05, 4.69) is 25.5 Å². The summed E-state index contributed by atoms with van der Waals surface area (Å²) in [6, 6.07) is 14.1. The van der Waals surface area contributed by atoms with Crippen LogP contribution in [0.3, 0.4) is 0 Å². The quantitative estimate of drug-likeness (QED) is 0.302. The molecule has 1 heterocycles. The number of ether oxygens (including phenoxy) is 1. The molecule has 2 N–H and O–H groups in total. The third-order valence-corrected chi connectivity index (χ3v) is 4.18. The van der Waals surface area contributed by atoms with Crippen molar-refractivity contribution in [3.05, 3.63) is 65.7 Å². The maximum Gasteiger partial charge on any atom is 0.194 e. The van der Waals surface area contributed by atoms with E-state index in [1.54, 1.807) is 20.2 Å². The van der Waals surface area contributed by atoms with Gasteiger partial charge in [0.05, 0.1) is 13.7 Å². The summed E-state index contributed by atoms with van der Waals surface area (Å²) in [7, 11) is 5.22. The van der Waals surface area contributed by atoms with Crippen molar-refractivity contribution in [2.24, 2.45) is 4.99 Å². The summed E-state index contributed by atoms with van der Waals surface area (Å²) in [6.45, 7) is 0.967. The van der Waals surface area contributed by atoms with E-state index < -0.39 is 0 Å². The van der Waals surface area contributed by atoms with Crippen LogP contribution in [0.2, 0.25) is 0 Å². The van der Waals surface area contributed by atoms with Crippen molar-refractivity contribution >= 4 is 29.9 Å². The van der Waals surface area contributed by atoms with E-state index in [1.807, 2.05) is 42.3 Å². The number of hydrogen-bond donors (Lipinski definition) is 2. The number of methoxy groups -OCH3 is 1. The number of rotatable bonds is 6. The molecular formula is C20H24FIN6O. The van der Waals surface area contributed by atoms with Gasteiger partial charge in [-0.05, 0) is 42.0 Å². The number of aromatic nitrogens is 3. The highest BCUT2D eigenvalue weighted by atomic mass is 127. The molecule has 0 spiro atoms. The second kappa shape index (κ2) is 10.7. The average Bonchev–Trinajstić information content (AvgIpc) is 3.17. The Labute approximate surface area is 186 Å². The van der Waals surface area contributed by atoms with Gasteiger partial charge < -0.3 is 15.0 Å². The Morgan fingerprint density at radius 3 is 2.66 bits per heavy atom. The fourth-order valence-electron chi connectivity index (χ4n) is 2.78. The molecule has 0 fully saturated rings. The first kappa shape index (κ1) is 22.6. The van der Waals surface area contributed by atoms with Gasteiger partial charge in [-0.15, -0.1) is 24.0 Å². The zero-order valence-corrected chi connectivity index (χ0v) is 18.8. The Kier molecular flexibility index (Phi) is 8.37. The lowest BCUT2D eigenvalue weighted by Gasteiger charge is -2.21. The molecule has 1 aromatic heterocycles. The lowest BCUT2D eigenvalue weighted by molar-refractivity contribution is 0.415. The van der Waals surface area contributed by atoms with Crippen LogP contribution in [0.25, 0.3) is 11.4 Å². The van der Waals surface area contributed by atoms with Crippen LogP contribution in [0.15, 0.2) is 53.5 Å². The second-order valence-corrected chi connectivity index (χ2v) is 6.22. The zero-order chi connectivity index (χ0) is 19.9. The molecule has 3 rings (SSSR count). The molecule has 0 aliphatic rings. The Morgan fingerprint density at radius 1 is 1.24 bits per heavy atom. The number of guanidine groups is 1. The molecule has 154 valence electrons. The van der Waals surface area contributed by atoms with Crippen molar-refractivity contribution in [3.8, 4) is 17.1 Å². The largest absolute Gasteiger partial charge is 0.497 e. The topological polar surface area (TPSA) is 78.4 Å². The van der Waals surface area contributed by atoms with E-state index in [4.69, 9.17) is 4.74 Å². The molecule has 7 nitrogen and oxygen atoms in total. The van der Waals surface area contributed by atoms with Crippen LogP contribution >= 0.6 is 24.0 Å². The number of aromatic amines is 1. The van der Waals surface area contributed by atoms with E-state index in [-0.39, 0.29) is 29.8 Å². The zero-order valence-electron chi connectivity index (χ0n) is 16.5. The molecule has 3 aromatic rings. The molecule has 0 unspecified atom stereocenters. The first-order valence-corrected chi connectivity index (χ1v) is 8.81. The standard InChI is InChI=1S/C20H23FN6O.HI/c1-22-20(27(2)13-14-5-4-6-16(21)11-14)23-12-18-24-19(26-25-18)15-7-9-17(28-3)10-8-15;/h4-11H,12-13H2,1-3H3,(H,22,23)(H,24,25,26);1H. The minimum absolute atomic E-state index is 0. The van der Waals surface area contributed by atoms with Crippen molar-refractivity contribution in [2.75, 3.05) is 21.2 Å². The van der Waals surface area contributed by atoms with Gasteiger partial charge in [0.15, 0.2) is 11.8 Å². The van der Waals surface area contributed by atoms with Gasteiger partial charge in [0.1, 0.15) is 17.4 Å². The number of nitrogens with zero attached hydrogens (tertiary/aromatic N) is 4. The van der Waals surface area contributed by atoms with E-state index in [9.17, 15) is 4.39 Å². The van der Waals surface area contributed by atoms with Crippen LogP contribution < -0.4 is 10.1 Å². The normalized spacial score (nSPS) is 11.0. The lowest BCUT2D eigenvalue weighted by Crippen LogP contribution is -2.38. The molecule has 9 heteroatoms. The minimum atomic E-state index is -0.249. The molecular weight excluding hydrogens is 486 g/mol. The van der Waals surface area contributed by atoms with Gasteiger partial charge >= 0.3 is 0 Å². The molecule has 0 aliphatic carbocycles. The molecule has 2 aromatic carbocycles. The smallest absolute Gasteiger partial charge is 0.194 e. The van der Waals surface area contributed by atoms with E-state index in [1.165, 1.54) is 12.1 Å². The maximum atomic E-state index is 13.4. The summed E-state index contributed by atoms with van der Waals surface area (Å²) >= 11 is 0. The third-order valence-electron chi connectivity index (χ3n) is 4.18. The number of aliphatic imine (C=N–C) groups is 1. The fourth-order valence-corrected chi connectivity index (χ4v) is 2.78. The minimum Gasteiger partial charge on any atom is -0.497 e. The van der Waals surface area contributed by atoms with Crippen LogP contribution in [0.5, 0.6) is 5.75 Å². The molecule has 0 aliphatic heterocycles. The van der Waals surface area contributed by atoms with Crippen molar-refractivity contribution in [1.82, 2.24) is 25.4 Å². The van der Waals surface area contributed by atoms with Crippen molar-refractivity contribution in [1.29, 1.82) is 0 Å². The van der Waals surface area contributed by atoms with Crippen LogP contribution in [0.4, 0.5) is 4.39 Å². The van der Waals surface area contributed by atoms with Gasteiger partial charge in [-0.1, -0.05) is 12.1 Å². The number of hydrogen-bond acceptors (Lipinski definition) is 4. The van der Waals surface area contributed by atoms with Crippen molar-refractivity contribution < 1.29 is 9.13 Å². The van der Waals surface area contributed by atoms with Crippen LogP contribution in [-0.2, 0) is 13.1 Å². The summed E-state index contributed by atoms with van der Waals surface area (Å²) in [4.78, 5) is 10.7. The number of H-pyrrole nitrogens is 1. The fraction of sp³-hybridized carbons (Fsp3) is 0.250. The Hall–Kier alpha value is -2.69. The first-order chi connectivity index (χ1) is 13.6. The Morgan fingerprint density at radius 2 is 2.00 bits per heavy atom. The monoisotopic (exact) mass is 510 g/mol.